The monoisotopic (exact) mass is 441 g/mol. The van der Waals surface area contributed by atoms with E-state index in [-0.39, 0.29) is 4.90 Å². The van der Waals surface area contributed by atoms with E-state index in [1.54, 1.807) is 6.20 Å². The number of rotatable bonds is 6. The molecule has 31 heavy (non-hydrogen) atoms. The molecule has 1 aliphatic carbocycles. The summed E-state index contributed by atoms with van der Waals surface area (Å²) in [6.45, 7) is 3.20. The second-order valence-corrected chi connectivity index (χ2v) is 10.7. The average Bonchev–Trinajstić information content (AvgIpc) is 3.47. The van der Waals surface area contributed by atoms with Gasteiger partial charge >= 0.3 is 0 Å². The van der Waals surface area contributed by atoms with Gasteiger partial charge in [0, 0.05) is 29.9 Å². The number of aromatic nitrogens is 1. The lowest BCUT2D eigenvalue weighted by atomic mass is 10.0. The van der Waals surface area contributed by atoms with Crippen molar-refractivity contribution in [3.63, 3.8) is 0 Å². The van der Waals surface area contributed by atoms with Crippen molar-refractivity contribution in [3.05, 3.63) is 60.5 Å². The van der Waals surface area contributed by atoms with Crippen LogP contribution in [0.2, 0.25) is 0 Å². The van der Waals surface area contributed by atoms with Crippen LogP contribution in [0.25, 0.3) is 10.9 Å². The van der Waals surface area contributed by atoms with Gasteiger partial charge in [-0.2, -0.15) is 0 Å². The topological polar surface area (TPSA) is 45.5 Å². The Balaban J connectivity index is 1.55. The third-order valence-electron chi connectivity index (χ3n) is 6.63. The van der Waals surface area contributed by atoms with Crippen molar-refractivity contribution in [1.29, 1.82) is 0 Å². The molecule has 0 spiro atoms. The second kappa shape index (κ2) is 7.95. The molecular formula is C24H28FN3O2S. The van der Waals surface area contributed by atoms with Gasteiger partial charge in [0.15, 0.2) is 0 Å². The first-order chi connectivity index (χ1) is 14.9. The molecule has 0 N–H and O–H groups in total. The molecule has 164 valence electrons. The van der Waals surface area contributed by atoms with Gasteiger partial charge in [-0.15, -0.1) is 0 Å². The average molecular weight is 442 g/mol. The maximum absolute atomic E-state index is 13.3. The Morgan fingerprint density at radius 1 is 1.00 bits per heavy atom. The van der Waals surface area contributed by atoms with Gasteiger partial charge < -0.3 is 9.80 Å². The van der Waals surface area contributed by atoms with Crippen LogP contribution in [0.5, 0.6) is 0 Å². The Morgan fingerprint density at radius 2 is 1.71 bits per heavy atom. The number of likely N-dealkylation sites (tertiary alicyclic amines) is 1. The maximum Gasteiger partial charge on any atom is 0.268 e. The van der Waals surface area contributed by atoms with E-state index < -0.39 is 15.8 Å². The number of halogens is 1. The zero-order valence-corrected chi connectivity index (χ0v) is 18.6. The highest BCUT2D eigenvalue weighted by atomic mass is 32.2. The minimum atomic E-state index is -3.80. The smallest absolute Gasteiger partial charge is 0.268 e. The summed E-state index contributed by atoms with van der Waals surface area (Å²) in [6, 6.07) is 13.3. The molecular weight excluding hydrogens is 413 g/mol. The van der Waals surface area contributed by atoms with Crippen molar-refractivity contribution in [1.82, 2.24) is 8.87 Å². The van der Waals surface area contributed by atoms with Crippen LogP contribution in [0.3, 0.4) is 0 Å². The Morgan fingerprint density at radius 3 is 2.39 bits per heavy atom. The fourth-order valence-corrected chi connectivity index (χ4v) is 5.98. The van der Waals surface area contributed by atoms with Crippen LogP contribution in [0.4, 0.5) is 10.1 Å². The quantitative estimate of drug-likeness (QED) is 0.571. The van der Waals surface area contributed by atoms with Crippen LogP contribution in [0.15, 0.2) is 59.6 Å². The number of anilines is 1. The second-order valence-electron chi connectivity index (χ2n) is 8.91. The molecule has 5 nitrogen and oxygen atoms in total. The molecule has 1 aliphatic heterocycles. The fourth-order valence-electron chi connectivity index (χ4n) is 4.64. The van der Waals surface area contributed by atoms with Crippen molar-refractivity contribution in [3.8, 4) is 0 Å². The van der Waals surface area contributed by atoms with Gasteiger partial charge in [-0.3, -0.25) is 0 Å². The van der Waals surface area contributed by atoms with Crippen molar-refractivity contribution >= 4 is 26.6 Å². The number of hydrogen-bond acceptors (Lipinski definition) is 4. The lowest BCUT2D eigenvalue weighted by molar-refractivity contribution is 0.249. The molecule has 1 saturated heterocycles. The lowest BCUT2D eigenvalue weighted by Crippen LogP contribution is -2.44. The van der Waals surface area contributed by atoms with Gasteiger partial charge in [-0.1, -0.05) is 6.07 Å². The third-order valence-corrected chi connectivity index (χ3v) is 8.34. The largest absolute Gasteiger partial charge is 0.368 e. The van der Waals surface area contributed by atoms with E-state index in [1.807, 2.05) is 18.2 Å². The SMILES string of the molecule is CN1CCC(N(CC2CC2)c2cccc3c2ccn3S(=O)(=O)c2ccc(F)cc2)CC1. The third kappa shape index (κ3) is 3.96. The summed E-state index contributed by atoms with van der Waals surface area (Å²) < 4.78 is 41.1. The number of hydrogen-bond donors (Lipinski definition) is 0. The maximum atomic E-state index is 13.3. The van der Waals surface area contributed by atoms with E-state index >= 15 is 0 Å². The van der Waals surface area contributed by atoms with Gasteiger partial charge in [0.25, 0.3) is 10.0 Å². The summed E-state index contributed by atoms with van der Waals surface area (Å²) in [6.07, 6.45) is 6.41. The van der Waals surface area contributed by atoms with E-state index in [2.05, 4.69) is 22.9 Å². The molecule has 2 aliphatic rings. The summed E-state index contributed by atoms with van der Waals surface area (Å²) in [5.74, 6) is 0.285. The van der Waals surface area contributed by atoms with Crippen LogP contribution >= 0.6 is 0 Å². The summed E-state index contributed by atoms with van der Waals surface area (Å²) in [5.41, 5.74) is 1.78. The normalized spacial score (nSPS) is 18.5. The highest BCUT2D eigenvalue weighted by molar-refractivity contribution is 7.90. The molecule has 3 aromatic rings. The number of nitrogens with zero attached hydrogens (tertiary/aromatic N) is 3. The van der Waals surface area contributed by atoms with Gasteiger partial charge in [-0.25, -0.2) is 16.8 Å². The highest BCUT2D eigenvalue weighted by Crippen LogP contribution is 2.37. The van der Waals surface area contributed by atoms with E-state index in [0.29, 0.717) is 11.6 Å². The van der Waals surface area contributed by atoms with Crippen LogP contribution < -0.4 is 4.90 Å². The number of piperidine rings is 1. The van der Waals surface area contributed by atoms with E-state index in [0.717, 1.165) is 49.5 Å². The van der Waals surface area contributed by atoms with E-state index in [1.165, 1.54) is 41.1 Å². The first-order valence-corrected chi connectivity index (χ1v) is 12.4. The summed E-state index contributed by atoms with van der Waals surface area (Å²) >= 11 is 0. The molecule has 2 heterocycles. The Hall–Kier alpha value is -2.38. The lowest BCUT2D eigenvalue weighted by Gasteiger charge is -2.39. The Labute approximate surface area is 183 Å². The fraction of sp³-hybridized carbons (Fsp3) is 0.417. The van der Waals surface area contributed by atoms with Crippen molar-refractivity contribution in [2.75, 3.05) is 31.6 Å². The molecule has 0 radical (unpaired) electrons. The Kier molecular flexibility index (Phi) is 5.26. The van der Waals surface area contributed by atoms with Crippen LogP contribution in [0.1, 0.15) is 25.7 Å². The van der Waals surface area contributed by atoms with Crippen molar-refractivity contribution < 1.29 is 12.8 Å². The molecule has 1 saturated carbocycles. The van der Waals surface area contributed by atoms with E-state index in [4.69, 9.17) is 0 Å². The molecule has 0 amide bonds. The molecule has 0 unspecified atom stereocenters. The molecule has 1 aromatic heterocycles. The minimum Gasteiger partial charge on any atom is -0.368 e. The predicted molar refractivity (Wildman–Crippen MR) is 122 cm³/mol. The minimum absolute atomic E-state index is 0.0851. The first kappa shape index (κ1) is 20.5. The zero-order chi connectivity index (χ0) is 21.6. The Bertz CT molecular complexity index is 1180. The molecule has 0 bridgehead atoms. The molecule has 0 atom stereocenters. The number of benzene rings is 2. The van der Waals surface area contributed by atoms with Crippen molar-refractivity contribution in [2.24, 2.45) is 5.92 Å². The predicted octanol–water partition coefficient (Wildman–Crippen LogP) is 4.33. The summed E-state index contributed by atoms with van der Waals surface area (Å²) in [5, 5.41) is 0.952. The highest BCUT2D eigenvalue weighted by Gasteiger charge is 2.31. The van der Waals surface area contributed by atoms with Gasteiger partial charge in [-0.05, 0) is 94.2 Å². The molecule has 2 aromatic carbocycles. The number of fused-ring (bicyclic) bond motifs is 1. The zero-order valence-electron chi connectivity index (χ0n) is 17.7. The molecule has 5 rings (SSSR count). The van der Waals surface area contributed by atoms with Crippen LogP contribution in [-0.2, 0) is 10.0 Å². The molecule has 2 fully saturated rings. The van der Waals surface area contributed by atoms with Gasteiger partial charge in [0.1, 0.15) is 5.82 Å². The first-order valence-electron chi connectivity index (χ1n) is 11.0. The molecule has 7 heteroatoms. The summed E-state index contributed by atoms with van der Waals surface area (Å²) in [7, 11) is -1.63. The van der Waals surface area contributed by atoms with E-state index in [9.17, 15) is 12.8 Å². The van der Waals surface area contributed by atoms with Gasteiger partial charge in [0.05, 0.1) is 10.4 Å². The van der Waals surface area contributed by atoms with Crippen molar-refractivity contribution in [2.45, 2.75) is 36.6 Å². The van der Waals surface area contributed by atoms with Crippen LogP contribution in [-0.4, -0.2) is 50.0 Å². The summed E-state index contributed by atoms with van der Waals surface area (Å²) in [4.78, 5) is 4.99. The van der Waals surface area contributed by atoms with Gasteiger partial charge in [0.2, 0.25) is 0 Å². The standard InChI is InChI=1S/C24H28FN3O2S/c1-26-14-11-20(12-15-26)27(17-18-5-6-18)23-3-2-4-24-22(23)13-16-28(24)31(29,30)21-9-7-19(25)8-10-21/h2-4,7-10,13,16,18,20H,5-6,11-12,14-15,17H2,1H3. The van der Waals surface area contributed by atoms with Crippen LogP contribution in [0, 0.1) is 11.7 Å².